The van der Waals surface area contributed by atoms with Crippen molar-refractivity contribution in [2.45, 2.75) is 13.0 Å². The van der Waals surface area contributed by atoms with Crippen molar-refractivity contribution in [3.63, 3.8) is 0 Å². The Morgan fingerprint density at radius 3 is 2.96 bits per heavy atom. The van der Waals surface area contributed by atoms with E-state index >= 15 is 0 Å². The van der Waals surface area contributed by atoms with E-state index in [2.05, 4.69) is 20.4 Å². The first-order valence-corrected chi connectivity index (χ1v) is 7.40. The van der Waals surface area contributed by atoms with Gasteiger partial charge in [-0.2, -0.15) is 8.78 Å². The number of alkyl halides is 2. The van der Waals surface area contributed by atoms with Gasteiger partial charge in [-0.3, -0.25) is 9.88 Å². The maximum atomic E-state index is 12.6. The molecule has 0 bridgehead atoms. The molecule has 0 aliphatic carbocycles. The molecule has 2 aromatic rings. The van der Waals surface area contributed by atoms with Crippen molar-refractivity contribution in [3.05, 3.63) is 35.2 Å². The maximum absolute atomic E-state index is 12.6. The quantitative estimate of drug-likeness (QED) is 0.789. The van der Waals surface area contributed by atoms with Crippen LogP contribution >= 0.6 is 11.3 Å². The minimum atomic E-state index is -2.66. The fraction of sp³-hybridized carbons (Fsp3) is 0.308. The van der Waals surface area contributed by atoms with Crippen LogP contribution in [0.2, 0.25) is 0 Å². The number of carbonyl (C=O) groups is 2. The molecule has 7 nitrogen and oxygen atoms in total. The van der Waals surface area contributed by atoms with E-state index in [0.717, 1.165) is 4.57 Å². The first-order valence-electron chi connectivity index (χ1n) is 6.53. The summed E-state index contributed by atoms with van der Waals surface area (Å²) in [5.74, 6) is -0.307. The highest BCUT2D eigenvalue weighted by Crippen LogP contribution is 2.20. The van der Waals surface area contributed by atoms with Crippen LogP contribution in [-0.4, -0.2) is 35.2 Å². The fourth-order valence-corrected chi connectivity index (χ4v) is 2.55. The van der Waals surface area contributed by atoms with Gasteiger partial charge in [-0.25, -0.2) is 14.6 Å². The number of methoxy groups -OCH3 is 1. The first-order chi connectivity index (χ1) is 11.0. The largest absolute Gasteiger partial charge is 0.465 e. The van der Waals surface area contributed by atoms with Crippen LogP contribution < -0.4 is 10.6 Å². The van der Waals surface area contributed by atoms with Crippen LogP contribution in [-0.2, 0) is 11.2 Å². The van der Waals surface area contributed by atoms with Crippen molar-refractivity contribution in [1.82, 2.24) is 14.9 Å². The van der Waals surface area contributed by atoms with Gasteiger partial charge < -0.3 is 10.1 Å². The number of imidazole rings is 1. The van der Waals surface area contributed by atoms with Crippen molar-refractivity contribution >= 4 is 28.3 Å². The lowest BCUT2D eigenvalue weighted by Crippen LogP contribution is -2.30. The van der Waals surface area contributed by atoms with E-state index < -0.39 is 18.5 Å². The number of halogens is 2. The Morgan fingerprint density at radius 2 is 2.26 bits per heavy atom. The number of anilines is 1. The van der Waals surface area contributed by atoms with E-state index in [1.54, 1.807) is 5.38 Å². The zero-order valence-corrected chi connectivity index (χ0v) is 12.9. The lowest BCUT2D eigenvalue weighted by atomic mass is 10.3. The molecule has 0 radical (unpaired) electrons. The van der Waals surface area contributed by atoms with Gasteiger partial charge in [0.15, 0.2) is 0 Å². The van der Waals surface area contributed by atoms with Gasteiger partial charge in [-0.1, -0.05) is 0 Å². The van der Waals surface area contributed by atoms with Gasteiger partial charge in [0.2, 0.25) is 0 Å². The van der Waals surface area contributed by atoms with E-state index in [4.69, 9.17) is 0 Å². The third-order valence-corrected chi connectivity index (χ3v) is 3.70. The highest BCUT2D eigenvalue weighted by Gasteiger charge is 2.12. The van der Waals surface area contributed by atoms with Gasteiger partial charge in [0.25, 0.3) is 0 Å². The van der Waals surface area contributed by atoms with Crippen molar-refractivity contribution in [2.75, 3.05) is 19.0 Å². The van der Waals surface area contributed by atoms with Gasteiger partial charge in [0.1, 0.15) is 5.82 Å². The average Bonchev–Trinajstić information content (AvgIpc) is 3.15. The van der Waals surface area contributed by atoms with Gasteiger partial charge in [-0.05, 0) is 6.07 Å². The third-order valence-electron chi connectivity index (χ3n) is 2.85. The molecule has 0 atom stereocenters. The van der Waals surface area contributed by atoms with Crippen LogP contribution in [0.4, 0.5) is 18.6 Å². The standard InChI is InChI=1S/C13H14F2N4O3S/c1-22-11(20)8-6-10(23-7-8)18-13(21)17-3-2-9-16-4-5-19(9)12(14)15/h4-7,12H,2-3H2,1H3,(H2,17,18,21). The van der Waals surface area contributed by atoms with Gasteiger partial charge in [0.05, 0.1) is 17.7 Å². The number of urea groups is 1. The molecule has 0 saturated heterocycles. The Hall–Kier alpha value is -2.49. The zero-order valence-electron chi connectivity index (χ0n) is 12.1. The Bertz CT molecular complexity index is 686. The Labute approximate surface area is 134 Å². The molecule has 0 aliphatic heterocycles. The summed E-state index contributed by atoms with van der Waals surface area (Å²) in [5, 5.41) is 7.10. The predicted molar refractivity (Wildman–Crippen MR) is 79.9 cm³/mol. The van der Waals surface area contributed by atoms with Crippen LogP contribution in [0.1, 0.15) is 22.7 Å². The fourth-order valence-electron chi connectivity index (χ4n) is 1.79. The number of ether oxygens (including phenoxy) is 1. The summed E-state index contributed by atoms with van der Waals surface area (Å²) < 4.78 is 30.5. The lowest BCUT2D eigenvalue weighted by molar-refractivity contribution is 0.0600. The molecular formula is C13H14F2N4O3S. The summed E-state index contributed by atoms with van der Waals surface area (Å²) >= 11 is 1.17. The molecule has 0 spiro atoms. The number of rotatable bonds is 6. The van der Waals surface area contributed by atoms with Crippen LogP contribution in [0.15, 0.2) is 23.8 Å². The maximum Gasteiger partial charge on any atom is 0.338 e. The number of amides is 2. The smallest absolute Gasteiger partial charge is 0.338 e. The number of nitrogens with zero attached hydrogens (tertiary/aromatic N) is 2. The predicted octanol–water partition coefficient (Wildman–Crippen LogP) is 2.49. The number of hydrogen-bond acceptors (Lipinski definition) is 5. The molecule has 124 valence electrons. The van der Waals surface area contributed by atoms with E-state index in [-0.39, 0.29) is 18.8 Å². The third kappa shape index (κ3) is 4.49. The second kappa shape index (κ2) is 7.68. The molecule has 2 aromatic heterocycles. The summed E-state index contributed by atoms with van der Waals surface area (Å²) in [7, 11) is 1.27. The number of nitrogens with one attached hydrogen (secondary N) is 2. The number of hydrogen-bond donors (Lipinski definition) is 2. The molecule has 10 heteroatoms. The highest BCUT2D eigenvalue weighted by atomic mass is 32.1. The number of esters is 1. The molecule has 0 unspecified atom stereocenters. The zero-order chi connectivity index (χ0) is 16.8. The number of thiophene rings is 1. The van der Waals surface area contributed by atoms with E-state index in [0.29, 0.717) is 10.6 Å². The molecule has 0 saturated carbocycles. The van der Waals surface area contributed by atoms with Crippen molar-refractivity contribution in [3.8, 4) is 0 Å². The Balaban J connectivity index is 1.80. The minimum Gasteiger partial charge on any atom is -0.465 e. The molecule has 2 N–H and O–H groups in total. The van der Waals surface area contributed by atoms with Gasteiger partial charge in [0, 0.05) is 30.7 Å². The normalized spacial score (nSPS) is 10.6. The highest BCUT2D eigenvalue weighted by molar-refractivity contribution is 7.14. The molecule has 0 aromatic carbocycles. The van der Waals surface area contributed by atoms with E-state index in [9.17, 15) is 18.4 Å². The van der Waals surface area contributed by atoms with Gasteiger partial charge >= 0.3 is 18.5 Å². The molecule has 0 fully saturated rings. The van der Waals surface area contributed by atoms with Crippen LogP contribution in [0.3, 0.4) is 0 Å². The molecule has 2 rings (SSSR count). The summed E-state index contributed by atoms with van der Waals surface area (Å²) in [5.41, 5.74) is 0.340. The molecular weight excluding hydrogens is 330 g/mol. The molecule has 2 amide bonds. The SMILES string of the molecule is COC(=O)c1csc(NC(=O)NCCc2nccn2C(F)F)c1. The summed E-state index contributed by atoms with van der Waals surface area (Å²) in [4.78, 5) is 26.8. The molecule has 2 heterocycles. The summed E-state index contributed by atoms with van der Waals surface area (Å²) in [6.07, 6.45) is 2.63. The average molecular weight is 344 g/mol. The minimum absolute atomic E-state index is 0.144. The molecule has 23 heavy (non-hydrogen) atoms. The molecule has 0 aliphatic rings. The van der Waals surface area contributed by atoms with Crippen molar-refractivity contribution < 1.29 is 23.1 Å². The summed E-state index contributed by atoms with van der Waals surface area (Å²) in [6.45, 7) is -2.52. The Morgan fingerprint density at radius 1 is 1.48 bits per heavy atom. The van der Waals surface area contributed by atoms with Crippen LogP contribution in [0.5, 0.6) is 0 Å². The monoisotopic (exact) mass is 344 g/mol. The summed E-state index contributed by atoms with van der Waals surface area (Å²) in [6, 6.07) is 0.984. The van der Waals surface area contributed by atoms with Crippen molar-refractivity contribution in [2.24, 2.45) is 0 Å². The first kappa shape index (κ1) is 16.9. The Kier molecular flexibility index (Phi) is 5.63. The lowest BCUT2D eigenvalue weighted by Gasteiger charge is -2.08. The topological polar surface area (TPSA) is 85.2 Å². The van der Waals surface area contributed by atoms with Crippen LogP contribution in [0, 0.1) is 0 Å². The van der Waals surface area contributed by atoms with Gasteiger partial charge in [-0.15, -0.1) is 11.3 Å². The second-order valence-corrected chi connectivity index (χ2v) is 5.26. The van der Waals surface area contributed by atoms with Crippen molar-refractivity contribution in [1.29, 1.82) is 0 Å². The van der Waals surface area contributed by atoms with E-state index in [1.807, 2.05) is 0 Å². The van der Waals surface area contributed by atoms with E-state index in [1.165, 1.54) is 36.9 Å². The second-order valence-electron chi connectivity index (χ2n) is 4.35. The number of aromatic nitrogens is 2. The number of carbonyl (C=O) groups excluding carboxylic acids is 2. The van der Waals surface area contributed by atoms with Crippen LogP contribution in [0.25, 0.3) is 0 Å².